The Hall–Kier alpha value is -0.440. The Morgan fingerprint density at radius 1 is 0.708 bits per heavy atom. The van der Waals surface area contributed by atoms with Gasteiger partial charge < -0.3 is 54.7 Å². The van der Waals surface area contributed by atoms with Crippen LogP contribution in [0.3, 0.4) is 0 Å². The van der Waals surface area contributed by atoms with Crippen LogP contribution < -0.4 is 0 Å². The average molecular weight is 356 g/mol. The largest absolute Gasteiger partial charge is 0.394 e. The molecule has 2 aliphatic rings. The molecule has 0 saturated carbocycles. The first-order chi connectivity index (χ1) is 11.3. The van der Waals surface area contributed by atoms with E-state index in [9.17, 15) is 25.5 Å². The van der Waals surface area contributed by atoms with Crippen LogP contribution in [0, 0.1) is 0 Å². The van der Waals surface area contributed by atoms with Crippen molar-refractivity contribution in [3.05, 3.63) is 0 Å². The fourth-order valence-corrected chi connectivity index (χ4v) is 2.73. The number of rotatable bonds is 5. The normalized spacial score (nSPS) is 50.0. The monoisotopic (exact) mass is 356 g/mol. The van der Waals surface area contributed by atoms with Gasteiger partial charge in [-0.15, -0.1) is 0 Å². The Bertz CT molecular complexity index is 392. The molecule has 0 bridgehead atoms. The van der Waals surface area contributed by atoms with Gasteiger partial charge in [-0.25, -0.2) is 0 Å². The minimum atomic E-state index is -1.68. The molecule has 0 aromatic carbocycles. The summed E-state index contributed by atoms with van der Waals surface area (Å²) < 4.78 is 20.8. The molecule has 10 atom stereocenters. The molecule has 0 radical (unpaired) electrons. The van der Waals surface area contributed by atoms with E-state index in [1.165, 1.54) is 7.11 Å². The minimum absolute atomic E-state index is 0.565. The predicted octanol–water partition coefficient (Wildman–Crippen LogP) is -4.74. The smallest absolute Gasteiger partial charge is 0.187 e. The average Bonchev–Trinajstić information content (AvgIpc) is 2.59. The molecule has 0 aliphatic carbocycles. The van der Waals surface area contributed by atoms with Crippen molar-refractivity contribution >= 4 is 0 Å². The number of methoxy groups -OCH3 is 1. The van der Waals surface area contributed by atoms with Crippen molar-refractivity contribution in [3.8, 4) is 0 Å². The minimum Gasteiger partial charge on any atom is -0.394 e. The maximum Gasteiger partial charge on any atom is 0.187 e. The maximum atomic E-state index is 10.2. The van der Waals surface area contributed by atoms with Crippen LogP contribution in [0.1, 0.15) is 0 Å². The second-order valence-electron chi connectivity index (χ2n) is 5.74. The third kappa shape index (κ3) is 3.71. The van der Waals surface area contributed by atoms with Crippen LogP contribution in [0.2, 0.25) is 0 Å². The van der Waals surface area contributed by atoms with Crippen LogP contribution in [0.15, 0.2) is 0 Å². The van der Waals surface area contributed by atoms with E-state index >= 15 is 0 Å². The van der Waals surface area contributed by atoms with Gasteiger partial charge >= 0.3 is 0 Å². The van der Waals surface area contributed by atoms with E-state index in [2.05, 4.69) is 0 Å². The predicted molar refractivity (Wildman–Crippen MR) is 73.4 cm³/mol. The van der Waals surface area contributed by atoms with E-state index < -0.39 is 74.6 Å². The molecule has 0 aromatic rings. The standard InChI is InChI=1S/C13H24O11/c1-21-13-11(9(19)7(17)5(3-15)23-13)24-12-10(20)8(18)6(16)4(2-14)22-12/h4-20H,2-3H2,1H3/t4-,5-,6-,7-,8+,9+,10+,11-,12-,13-/m1/s1. The van der Waals surface area contributed by atoms with Gasteiger partial charge in [-0.3, -0.25) is 0 Å². The van der Waals surface area contributed by atoms with Gasteiger partial charge in [-0.2, -0.15) is 0 Å². The third-order valence-corrected chi connectivity index (χ3v) is 4.20. The molecule has 2 heterocycles. The number of hydrogen-bond acceptors (Lipinski definition) is 11. The molecule has 0 spiro atoms. The fraction of sp³-hybridized carbons (Fsp3) is 1.00. The molecular weight excluding hydrogens is 332 g/mol. The summed E-state index contributed by atoms with van der Waals surface area (Å²) in [6, 6.07) is 0. The van der Waals surface area contributed by atoms with Crippen LogP contribution in [0.5, 0.6) is 0 Å². The van der Waals surface area contributed by atoms with Gasteiger partial charge in [0.05, 0.1) is 13.2 Å². The Morgan fingerprint density at radius 2 is 1.21 bits per heavy atom. The second-order valence-corrected chi connectivity index (χ2v) is 5.74. The van der Waals surface area contributed by atoms with Gasteiger partial charge in [0.1, 0.15) is 48.8 Å². The van der Waals surface area contributed by atoms with Crippen molar-refractivity contribution in [2.24, 2.45) is 0 Å². The zero-order valence-corrected chi connectivity index (χ0v) is 13.0. The topological polar surface area (TPSA) is 179 Å². The van der Waals surface area contributed by atoms with Gasteiger partial charge in [0, 0.05) is 7.11 Å². The molecule has 0 unspecified atom stereocenters. The zero-order valence-electron chi connectivity index (χ0n) is 13.0. The van der Waals surface area contributed by atoms with Crippen molar-refractivity contribution in [1.29, 1.82) is 0 Å². The van der Waals surface area contributed by atoms with Crippen molar-refractivity contribution in [2.75, 3.05) is 20.3 Å². The summed E-state index contributed by atoms with van der Waals surface area (Å²) >= 11 is 0. The molecule has 142 valence electrons. The van der Waals surface area contributed by atoms with Crippen molar-refractivity contribution in [2.45, 2.75) is 61.4 Å². The molecule has 24 heavy (non-hydrogen) atoms. The molecular formula is C13H24O11. The lowest BCUT2D eigenvalue weighted by Crippen LogP contribution is -2.64. The molecule has 2 saturated heterocycles. The first kappa shape index (κ1) is 19.9. The fourth-order valence-electron chi connectivity index (χ4n) is 2.73. The maximum absolute atomic E-state index is 10.2. The van der Waals surface area contributed by atoms with Crippen LogP contribution in [0.25, 0.3) is 0 Å². The summed E-state index contributed by atoms with van der Waals surface area (Å²) in [6.45, 7) is -1.21. The van der Waals surface area contributed by atoms with E-state index in [-0.39, 0.29) is 0 Å². The van der Waals surface area contributed by atoms with Gasteiger partial charge in [-0.1, -0.05) is 0 Å². The lowest BCUT2D eigenvalue weighted by molar-refractivity contribution is -0.364. The van der Waals surface area contributed by atoms with E-state index in [1.807, 2.05) is 0 Å². The molecule has 2 aliphatic heterocycles. The molecule has 0 amide bonds. The summed E-state index contributed by atoms with van der Waals surface area (Å²) in [5.74, 6) is 0. The first-order valence-corrected chi connectivity index (χ1v) is 7.46. The van der Waals surface area contributed by atoms with E-state index in [1.54, 1.807) is 0 Å². The van der Waals surface area contributed by atoms with Gasteiger partial charge in [0.15, 0.2) is 12.6 Å². The van der Waals surface area contributed by atoms with Crippen molar-refractivity contribution in [3.63, 3.8) is 0 Å². The first-order valence-electron chi connectivity index (χ1n) is 7.46. The highest BCUT2D eigenvalue weighted by Gasteiger charge is 2.50. The highest BCUT2D eigenvalue weighted by Crippen LogP contribution is 2.29. The Labute approximate surface area is 137 Å². The second kappa shape index (κ2) is 8.29. The lowest BCUT2D eigenvalue weighted by atomic mass is 9.97. The number of aliphatic hydroxyl groups excluding tert-OH is 7. The Morgan fingerprint density at radius 3 is 1.71 bits per heavy atom. The Kier molecular flexibility index (Phi) is 6.87. The van der Waals surface area contributed by atoms with Crippen LogP contribution in [0.4, 0.5) is 0 Å². The van der Waals surface area contributed by atoms with Crippen LogP contribution in [-0.2, 0) is 18.9 Å². The summed E-state index contributed by atoms with van der Waals surface area (Å²) in [7, 11) is 1.24. The summed E-state index contributed by atoms with van der Waals surface area (Å²) in [5, 5.41) is 67.8. The van der Waals surface area contributed by atoms with Crippen molar-refractivity contribution < 1.29 is 54.7 Å². The molecule has 2 fully saturated rings. The van der Waals surface area contributed by atoms with Gasteiger partial charge in [0.25, 0.3) is 0 Å². The van der Waals surface area contributed by atoms with Crippen LogP contribution >= 0.6 is 0 Å². The summed E-state index contributed by atoms with van der Waals surface area (Å²) in [5.41, 5.74) is 0. The van der Waals surface area contributed by atoms with Gasteiger partial charge in [-0.05, 0) is 0 Å². The zero-order chi connectivity index (χ0) is 18.0. The Balaban J connectivity index is 2.12. The van der Waals surface area contributed by atoms with E-state index in [4.69, 9.17) is 29.2 Å². The highest BCUT2D eigenvalue weighted by molar-refractivity contribution is 4.93. The number of ether oxygens (including phenoxy) is 4. The highest BCUT2D eigenvalue weighted by atomic mass is 16.8. The molecule has 7 N–H and O–H groups in total. The quantitative estimate of drug-likeness (QED) is 0.251. The third-order valence-electron chi connectivity index (χ3n) is 4.20. The molecule has 11 heteroatoms. The number of aliphatic hydroxyl groups is 7. The molecule has 11 nitrogen and oxygen atoms in total. The number of hydrogen-bond donors (Lipinski definition) is 7. The van der Waals surface area contributed by atoms with Gasteiger partial charge in [0.2, 0.25) is 0 Å². The van der Waals surface area contributed by atoms with E-state index in [0.717, 1.165) is 0 Å². The lowest BCUT2D eigenvalue weighted by Gasteiger charge is -2.45. The van der Waals surface area contributed by atoms with Crippen LogP contribution in [-0.4, -0.2) is 117 Å². The van der Waals surface area contributed by atoms with Crippen molar-refractivity contribution in [1.82, 2.24) is 0 Å². The molecule has 2 rings (SSSR count). The SMILES string of the molecule is CO[C@@H]1O[C@H](CO)[C@@H](O)[C@H](O)[C@H]1O[C@H]1O[C@H](CO)[C@@H](O)[C@H](O)[C@@H]1O. The molecule has 0 aromatic heterocycles. The summed E-state index contributed by atoms with van der Waals surface area (Å²) in [4.78, 5) is 0. The summed E-state index contributed by atoms with van der Waals surface area (Å²) in [6.07, 6.45) is -14.3. The van der Waals surface area contributed by atoms with E-state index in [0.29, 0.717) is 0 Å².